The molecule has 0 radical (unpaired) electrons. The highest BCUT2D eigenvalue weighted by atomic mass is 35.5. The Morgan fingerprint density at radius 1 is 1.40 bits per heavy atom. The lowest BCUT2D eigenvalue weighted by molar-refractivity contribution is 1.16. The van der Waals surface area contributed by atoms with Gasteiger partial charge in [0.2, 0.25) is 0 Å². The Hall–Kier alpha value is -0.680. The van der Waals surface area contributed by atoms with Crippen LogP contribution in [0.3, 0.4) is 0 Å². The molecule has 0 spiro atoms. The van der Waals surface area contributed by atoms with Gasteiger partial charge >= 0.3 is 0 Å². The van der Waals surface area contributed by atoms with E-state index in [9.17, 15) is 0 Å². The van der Waals surface area contributed by atoms with Crippen molar-refractivity contribution in [1.82, 2.24) is 0 Å². The van der Waals surface area contributed by atoms with Crippen LogP contribution in [0.5, 0.6) is 0 Å². The highest BCUT2D eigenvalue weighted by molar-refractivity contribution is 6.52. The van der Waals surface area contributed by atoms with E-state index in [1.165, 1.54) is 0 Å². The van der Waals surface area contributed by atoms with E-state index in [0.29, 0.717) is 32.6 Å². The molecule has 0 atom stereocenters. The van der Waals surface area contributed by atoms with Gasteiger partial charge in [0.1, 0.15) is 0 Å². The smallest absolute Gasteiger partial charge is 0.0962 e. The van der Waals surface area contributed by atoms with E-state index >= 15 is 0 Å². The third-order valence-corrected chi connectivity index (χ3v) is 3.19. The molecule has 0 bridgehead atoms. The summed E-state index contributed by atoms with van der Waals surface area (Å²) in [5, 5.41) is 10.0. The van der Waals surface area contributed by atoms with Crippen molar-refractivity contribution in [3.8, 4) is 6.07 Å². The van der Waals surface area contributed by atoms with E-state index in [1.807, 2.05) is 13.0 Å². The average Bonchev–Trinajstić information content (AvgIpc) is 2.23. The summed E-state index contributed by atoms with van der Waals surface area (Å²) in [4.78, 5) is 0. The standard InChI is InChI=1S/C11H8Cl3N/c1-2-7(6-15)10(13)8-4-3-5-9(12)11(8)14/h3-5H,2H2,1H3/b10-7-. The van der Waals surface area contributed by atoms with Gasteiger partial charge in [-0.25, -0.2) is 0 Å². The average molecular weight is 261 g/mol. The van der Waals surface area contributed by atoms with Crippen molar-refractivity contribution in [3.63, 3.8) is 0 Å². The third kappa shape index (κ3) is 2.66. The molecular formula is C11H8Cl3N. The molecule has 78 valence electrons. The normalized spacial score (nSPS) is 11.9. The predicted molar refractivity (Wildman–Crippen MR) is 65.1 cm³/mol. The Bertz CT molecular complexity index is 444. The quantitative estimate of drug-likeness (QED) is 0.696. The van der Waals surface area contributed by atoms with Gasteiger partial charge in [-0.1, -0.05) is 53.9 Å². The van der Waals surface area contributed by atoms with Crippen molar-refractivity contribution in [3.05, 3.63) is 39.4 Å². The molecule has 1 aromatic rings. The van der Waals surface area contributed by atoms with E-state index < -0.39 is 0 Å². The summed E-state index contributed by atoms with van der Waals surface area (Å²) in [5.74, 6) is 0. The summed E-state index contributed by atoms with van der Waals surface area (Å²) < 4.78 is 0. The van der Waals surface area contributed by atoms with E-state index in [-0.39, 0.29) is 0 Å². The van der Waals surface area contributed by atoms with Crippen LogP contribution >= 0.6 is 34.8 Å². The first-order valence-corrected chi connectivity index (χ1v) is 5.48. The molecule has 0 unspecified atom stereocenters. The Kier molecular flexibility index (Phi) is 4.47. The number of rotatable bonds is 2. The maximum absolute atomic E-state index is 8.85. The van der Waals surface area contributed by atoms with E-state index in [0.717, 1.165) is 0 Å². The van der Waals surface area contributed by atoms with Crippen LogP contribution in [-0.4, -0.2) is 0 Å². The van der Waals surface area contributed by atoms with Gasteiger partial charge in [-0.05, 0) is 12.5 Å². The van der Waals surface area contributed by atoms with Crippen molar-refractivity contribution < 1.29 is 0 Å². The second kappa shape index (κ2) is 5.42. The highest BCUT2D eigenvalue weighted by Crippen LogP contribution is 2.34. The zero-order valence-electron chi connectivity index (χ0n) is 8.02. The molecule has 0 aliphatic carbocycles. The van der Waals surface area contributed by atoms with Gasteiger partial charge in [0.25, 0.3) is 0 Å². The molecular weight excluding hydrogens is 252 g/mol. The van der Waals surface area contributed by atoms with Crippen LogP contribution in [0.4, 0.5) is 0 Å². The number of hydrogen-bond donors (Lipinski definition) is 0. The van der Waals surface area contributed by atoms with E-state index in [2.05, 4.69) is 0 Å². The maximum Gasteiger partial charge on any atom is 0.0962 e. The van der Waals surface area contributed by atoms with Gasteiger partial charge in [-0.3, -0.25) is 0 Å². The van der Waals surface area contributed by atoms with Gasteiger partial charge in [0.05, 0.1) is 21.1 Å². The molecule has 0 N–H and O–H groups in total. The Morgan fingerprint density at radius 3 is 2.60 bits per heavy atom. The van der Waals surface area contributed by atoms with Crippen molar-refractivity contribution >= 4 is 39.8 Å². The second-order valence-corrected chi connectivity index (χ2v) is 4.02. The largest absolute Gasteiger partial charge is 0.193 e. The van der Waals surface area contributed by atoms with Crippen LogP contribution in [0.1, 0.15) is 18.9 Å². The summed E-state index contributed by atoms with van der Waals surface area (Å²) in [6.45, 7) is 1.86. The lowest BCUT2D eigenvalue weighted by atomic mass is 10.1. The molecule has 0 aromatic heterocycles. The van der Waals surface area contributed by atoms with Crippen LogP contribution in [0.15, 0.2) is 23.8 Å². The molecule has 0 amide bonds. The number of nitriles is 1. The summed E-state index contributed by atoms with van der Waals surface area (Å²) >= 11 is 17.9. The minimum atomic E-state index is 0.368. The fourth-order valence-corrected chi connectivity index (χ4v) is 1.90. The topological polar surface area (TPSA) is 23.8 Å². The van der Waals surface area contributed by atoms with Crippen LogP contribution in [0.2, 0.25) is 10.0 Å². The number of hydrogen-bond acceptors (Lipinski definition) is 1. The summed E-state index contributed by atoms with van der Waals surface area (Å²) in [6.07, 6.45) is 0.568. The van der Waals surface area contributed by atoms with Crippen molar-refractivity contribution in [2.24, 2.45) is 0 Å². The number of benzene rings is 1. The summed E-state index contributed by atoms with van der Waals surface area (Å²) in [7, 11) is 0. The minimum absolute atomic E-state index is 0.368. The van der Waals surface area contributed by atoms with Gasteiger partial charge in [-0.2, -0.15) is 5.26 Å². The van der Waals surface area contributed by atoms with Crippen LogP contribution < -0.4 is 0 Å². The third-order valence-electron chi connectivity index (χ3n) is 1.94. The van der Waals surface area contributed by atoms with E-state index in [4.69, 9.17) is 40.1 Å². The molecule has 4 heteroatoms. The monoisotopic (exact) mass is 259 g/mol. The molecule has 0 saturated carbocycles. The van der Waals surface area contributed by atoms with Crippen LogP contribution in [0, 0.1) is 11.3 Å². The van der Waals surface area contributed by atoms with Gasteiger partial charge in [-0.15, -0.1) is 0 Å². The summed E-state index contributed by atoms with van der Waals surface area (Å²) in [6, 6.07) is 7.20. The van der Waals surface area contributed by atoms with Crippen LogP contribution in [-0.2, 0) is 0 Å². The zero-order valence-corrected chi connectivity index (χ0v) is 10.3. The van der Waals surface area contributed by atoms with Gasteiger partial charge in [0, 0.05) is 11.1 Å². The molecule has 0 heterocycles. The number of halogens is 3. The molecule has 0 aliphatic heterocycles. The Balaban J connectivity index is 3.35. The van der Waals surface area contributed by atoms with Crippen molar-refractivity contribution in [2.45, 2.75) is 13.3 Å². The lowest BCUT2D eigenvalue weighted by Gasteiger charge is -2.05. The molecule has 1 nitrogen and oxygen atoms in total. The van der Waals surface area contributed by atoms with Crippen molar-refractivity contribution in [1.29, 1.82) is 5.26 Å². The fraction of sp³-hybridized carbons (Fsp3) is 0.182. The fourth-order valence-electron chi connectivity index (χ4n) is 1.12. The SMILES string of the molecule is CC/C(C#N)=C(/Cl)c1cccc(Cl)c1Cl. The first kappa shape index (κ1) is 12.4. The summed E-state index contributed by atoms with van der Waals surface area (Å²) in [5.41, 5.74) is 1.10. The first-order chi connectivity index (χ1) is 7.11. The second-order valence-electron chi connectivity index (χ2n) is 2.86. The molecule has 15 heavy (non-hydrogen) atoms. The Labute approximate surface area is 104 Å². The van der Waals surface area contributed by atoms with Crippen molar-refractivity contribution in [2.75, 3.05) is 0 Å². The molecule has 0 aliphatic rings. The molecule has 0 saturated heterocycles. The number of nitrogens with zero attached hydrogens (tertiary/aromatic N) is 1. The maximum atomic E-state index is 8.85. The molecule has 1 rings (SSSR count). The van der Waals surface area contributed by atoms with Crippen LogP contribution in [0.25, 0.3) is 5.03 Å². The van der Waals surface area contributed by atoms with Gasteiger partial charge < -0.3 is 0 Å². The molecule has 1 aromatic carbocycles. The Morgan fingerprint density at radius 2 is 2.07 bits per heavy atom. The number of allylic oxidation sites excluding steroid dienone is 1. The minimum Gasteiger partial charge on any atom is -0.193 e. The lowest BCUT2D eigenvalue weighted by Crippen LogP contribution is -1.85. The van der Waals surface area contributed by atoms with E-state index in [1.54, 1.807) is 18.2 Å². The molecule has 0 fully saturated rings. The van der Waals surface area contributed by atoms with Gasteiger partial charge in [0.15, 0.2) is 0 Å². The zero-order chi connectivity index (χ0) is 11.4. The predicted octanol–water partition coefficient (Wildman–Crippen LogP) is 4.88. The highest BCUT2D eigenvalue weighted by Gasteiger charge is 2.11. The first-order valence-electron chi connectivity index (χ1n) is 4.35.